The Morgan fingerprint density at radius 1 is 0.575 bits per heavy atom. The van der Waals surface area contributed by atoms with Crippen molar-refractivity contribution in [3.63, 3.8) is 0 Å². The first-order valence-electron chi connectivity index (χ1n) is 17.2. The van der Waals surface area contributed by atoms with Gasteiger partial charge in [-0.3, -0.25) is 9.59 Å². The van der Waals surface area contributed by atoms with Crippen LogP contribution in [0, 0.1) is 0 Å². The largest absolute Gasteiger partial charge is 0.451 e. The summed E-state index contributed by atoms with van der Waals surface area (Å²) in [5, 5.41) is 19.4. The Kier molecular flexibility index (Phi) is 29.8. The van der Waals surface area contributed by atoms with Gasteiger partial charge in [0.2, 0.25) is 0 Å². The van der Waals surface area contributed by atoms with Crippen molar-refractivity contribution in [1.29, 1.82) is 0 Å². The molecule has 0 radical (unpaired) electrons. The first-order chi connectivity index (χ1) is 19.6. The van der Waals surface area contributed by atoms with Crippen LogP contribution in [0.1, 0.15) is 181 Å². The van der Waals surface area contributed by atoms with Crippen LogP contribution in [0.2, 0.25) is 0 Å². The predicted octanol–water partition coefficient (Wildman–Crippen LogP) is 9.56. The number of hydrogen-bond acceptors (Lipinski definition) is 5. The van der Waals surface area contributed by atoms with Gasteiger partial charge in [-0.2, -0.15) is 0 Å². The summed E-state index contributed by atoms with van der Waals surface area (Å²) < 4.78 is 5.33. The number of Topliss-reactive ketones (excluding diaryl/α,β-unsaturated/α-hetero) is 1. The van der Waals surface area contributed by atoms with Crippen LogP contribution in [-0.2, 0) is 14.3 Å². The van der Waals surface area contributed by atoms with Gasteiger partial charge in [-0.1, -0.05) is 142 Å². The van der Waals surface area contributed by atoms with Gasteiger partial charge in [0.05, 0.1) is 6.61 Å². The molecule has 2 N–H and O–H groups in total. The Bertz CT molecular complexity index is 588. The van der Waals surface area contributed by atoms with E-state index in [9.17, 15) is 19.8 Å². The third kappa shape index (κ3) is 25.7. The highest BCUT2D eigenvalue weighted by Crippen LogP contribution is 2.15. The molecule has 0 spiro atoms. The molecule has 5 nitrogen and oxygen atoms in total. The lowest BCUT2D eigenvalue weighted by Gasteiger charge is -2.20. The lowest BCUT2D eigenvalue weighted by molar-refractivity contribution is -0.163. The molecule has 0 aromatic carbocycles. The Morgan fingerprint density at radius 3 is 1.38 bits per heavy atom. The van der Waals surface area contributed by atoms with E-state index in [1.54, 1.807) is 0 Å². The maximum Gasteiger partial charge on any atom is 0.306 e. The van der Waals surface area contributed by atoms with E-state index in [-0.39, 0.29) is 18.6 Å². The molecule has 236 valence electrons. The van der Waals surface area contributed by atoms with Crippen LogP contribution in [0.4, 0.5) is 0 Å². The van der Waals surface area contributed by atoms with Crippen molar-refractivity contribution in [2.45, 2.75) is 193 Å². The van der Waals surface area contributed by atoms with E-state index < -0.39 is 24.8 Å². The fourth-order valence-corrected chi connectivity index (χ4v) is 5.10. The highest BCUT2D eigenvalue weighted by Gasteiger charge is 2.29. The average molecular weight is 567 g/mol. The number of rotatable bonds is 31. The van der Waals surface area contributed by atoms with Crippen LogP contribution in [0.15, 0.2) is 12.2 Å². The zero-order valence-corrected chi connectivity index (χ0v) is 26.5. The van der Waals surface area contributed by atoms with Crippen LogP contribution in [0.25, 0.3) is 0 Å². The fourth-order valence-electron chi connectivity index (χ4n) is 5.10. The van der Waals surface area contributed by atoms with Gasteiger partial charge in [0.15, 0.2) is 11.9 Å². The average Bonchev–Trinajstić information content (AvgIpc) is 2.96. The number of aliphatic hydroxyl groups excluding tert-OH is 2. The Morgan fingerprint density at radius 2 is 0.950 bits per heavy atom. The van der Waals surface area contributed by atoms with Crippen LogP contribution in [0.5, 0.6) is 0 Å². The number of carbonyl (C=O) groups is 2. The number of hydrogen-bond donors (Lipinski definition) is 2. The minimum Gasteiger partial charge on any atom is -0.451 e. The summed E-state index contributed by atoms with van der Waals surface area (Å²) in [6.07, 6.45) is 31.2. The molecule has 0 saturated heterocycles. The van der Waals surface area contributed by atoms with Crippen molar-refractivity contribution in [3.05, 3.63) is 12.2 Å². The molecule has 0 aliphatic rings. The molecule has 0 amide bonds. The van der Waals surface area contributed by atoms with Crippen LogP contribution >= 0.6 is 0 Å². The molecule has 0 saturated carbocycles. The summed E-state index contributed by atoms with van der Waals surface area (Å²) in [6, 6.07) is 0. The zero-order valence-electron chi connectivity index (χ0n) is 26.5. The topological polar surface area (TPSA) is 83.8 Å². The van der Waals surface area contributed by atoms with E-state index in [1.807, 2.05) is 0 Å². The molecule has 0 heterocycles. The van der Waals surface area contributed by atoms with E-state index in [2.05, 4.69) is 26.0 Å². The predicted molar refractivity (Wildman–Crippen MR) is 169 cm³/mol. The number of esters is 1. The van der Waals surface area contributed by atoms with Gasteiger partial charge in [-0.25, -0.2) is 0 Å². The van der Waals surface area contributed by atoms with Crippen molar-refractivity contribution in [2.75, 3.05) is 6.61 Å². The fraction of sp³-hybridized carbons (Fsp3) is 0.886. The highest BCUT2D eigenvalue weighted by atomic mass is 16.6. The van der Waals surface area contributed by atoms with Gasteiger partial charge in [0.25, 0.3) is 0 Å². The molecule has 0 aliphatic carbocycles. The maximum atomic E-state index is 12.6. The summed E-state index contributed by atoms with van der Waals surface area (Å²) in [5.41, 5.74) is 0. The molecule has 5 heteroatoms. The van der Waals surface area contributed by atoms with Gasteiger partial charge in [-0.15, -0.1) is 0 Å². The van der Waals surface area contributed by atoms with Gasteiger partial charge >= 0.3 is 5.97 Å². The molecular formula is C35H66O5. The van der Waals surface area contributed by atoms with Crippen molar-refractivity contribution >= 4 is 11.8 Å². The summed E-state index contributed by atoms with van der Waals surface area (Å²) >= 11 is 0. The Balaban J connectivity index is 3.85. The molecule has 0 aromatic heterocycles. The summed E-state index contributed by atoms with van der Waals surface area (Å²) in [4.78, 5) is 24.9. The number of allylic oxidation sites excluding steroid dienone is 2. The molecule has 40 heavy (non-hydrogen) atoms. The Labute approximate surface area is 247 Å². The number of unbranched alkanes of at least 4 members (excludes halogenated alkanes) is 21. The molecular weight excluding hydrogens is 500 g/mol. The van der Waals surface area contributed by atoms with Crippen LogP contribution in [-0.4, -0.2) is 40.8 Å². The van der Waals surface area contributed by atoms with E-state index in [4.69, 9.17) is 4.74 Å². The second-order valence-electron chi connectivity index (χ2n) is 11.7. The second-order valence-corrected chi connectivity index (χ2v) is 11.7. The van der Waals surface area contributed by atoms with Crippen LogP contribution in [0.3, 0.4) is 0 Å². The summed E-state index contributed by atoms with van der Waals surface area (Å²) in [5.74, 6) is -0.738. The minimum absolute atomic E-state index is 0.256. The van der Waals surface area contributed by atoms with E-state index in [0.717, 1.165) is 51.4 Å². The zero-order chi connectivity index (χ0) is 29.5. The molecule has 0 aromatic rings. The molecule has 0 fully saturated rings. The lowest BCUT2D eigenvalue weighted by atomic mass is 10.0. The van der Waals surface area contributed by atoms with Crippen molar-refractivity contribution in [3.8, 4) is 0 Å². The maximum absolute atomic E-state index is 12.6. The quantitative estimate of drug-likeness (QED) is 0.0496. The standard InChI is InChI=1S/C35H66O5/c1-3-5-7-9-11-13-15-16-17-18-20-21-23-25-27-29-32(37)35(33(38)31-36)40-34(39)30-28-26-24-22-19-14-12-10-8-6-4-2/h16-17,33,35-36,38H,3-15,18-31H2,1-2H3/t33-,35+/m0/s1. The van der Waals surface area contributed by atoms with Gasteiger partial charge in [0, 0.05) is 12.8 Å². The molecule has 0 unspecified atom stereocenters. The number of ether oxygens (including phenoxy) is 1. The summed E-state index contributed by atoms with van der Waals surface area (Å²) in [7, 11) is 0. The van der Waals surface area contributed by atoms with Crippen molar-refractivity contribution in [1.82, 2.24) is 0 Å². The van der Waals surface area contributed by atoms with Gasteiger partial charge in [0.1, 0.15) is 6.10 Å². The third-order valence-corrected chi connectivity index (χ3v) is 7.78. The Hall–Kier alpha value is -1.20. The molecule has 0 bridgehead atoms. The molecule has 0 rings (SSSR count). The van der Waals surface area contributed by atoms with E-state index >= 15 is 0 Å². The SMILES string of the molecule is CCCCCCCCC=CCCCCCCCC(=O)[C@@H](OC(=O)CCCCCCCCCCCCC)[C@@H](O)CO. The highest BCUT2D eigenvalue weighted by molar-refractivity contribution is 5.86. The normalized spacial score (nSPS) is 13.1. The number of carbonyl (C=O) groups excluding carboxylic acids is 2. The lowest BCUT2D eigenvalue weighted by Crippen LogP contribution is -2.40. The minimum atomic E-state index is -1.35. The number of aliphatic hydroxyl groups is 2. The van der Waals surface area contributed by atoms with E-state index in [0.29, 0.717) is 0 Å². The molecule has 2 atom stereocenters. The molecule has 0 aliphatic heterocycles. The number of ketones is 1. The first-order valence-corrected chi connectivity index (χ1v) is 17.2. The third-order valence-electron chi connectivity index (χ3n) is 7.78. The summed E-state index contributed by atoms with van der Waals surface area (Å²) in [6.45, 7) is 3.90. The van der Waals surface area contributed by atoms with E-state index in [1.165, 1.54) is 103 Å². The van der Waals surface area contributed by atoms with Crippen molar-refractivity contribution in [2.24, 2.45) is 0 Å². The van der Waals surface area contributed by atoms with Gasteiger partial charge < -0.3 is 14.9 Å². The van der Waals surface area contributed by atoms with Crippen LogP contribution < -0.4 is 0 Å². The van der Waals surface area contributed by atoms with Crippen molar-refractivity contribution < 1.29 is 24.5 Å². The smallest absolute Gasteiger partial charge is 0.306 e. The first kappa shape index (κ1) is 38.8. The second kappa shape index (κ2) is 30.8. The monoisotopic (exact) mass is 566 g/mol. The van der Waals surface area contributed by atoms with Gasteiger partial charge in [-0.05, 0) is 38.5 Å².